The van der Waals surface area contributed by atoms with Gasteiger partial charge in [0, 0.05) is 20.6 Å². The van der Waals surface area contributed by atoms with E-state index in [1.54, 1.807) is 0 Å². The summed E-state index contributed by atoms with van der Waals surface area (Å²) < 4.78 is 32.2. The third kappa shape index (κ3) is 4.48. The molecule has 19 heavy (non-hydrogen) atoms. The van der Waals surface area contributed by atoms with Crippen LogP contribution in [0.5, 0.6) is 5.75 Å². The van der Waals surface area contributed by atoms with Crippen LogP contribution in [0.25, 0.3) is 0 Å². The van der Waals surface area contributed by atoms with Crippen molar-refractivity contribution >= 4 is 5.91 Å². The number of likely N-dealkylation sites (N-methyl/N-ethyl adjacent to an activating group) is 1. The lowest BCUT2D eigenvalue weighted by molar-refractivity contribution is -0.130. The predicted molar refractivity (Wildman–Crippen MR) is 67.9 cm³/mol. The standard InChI is InChI=1S/C13H18F2N2O2/c1-4-16-7-9-5-10(14)13(11(15)6-9)19-8-12(18)17(2)3/h5-6,16H,4,7-8H2,1-3H3. The molecule has 1 amide bonds. The van der Waals surface area contributed by atoms with Crippen LogP contribution in [0.2, 0.25) is 0 Å². The first kappa shape index (κ1) is 15.4. The third-order valence-electron chi connectivity index (χ3n) is 2.48. The number of hydrogen-bond donors (Lipinski definition) is 1. The Morgan fingerprint density at radius 2 is 1.89 bits per heavy atom. The normalized spacial score (nSPS) is 10.4. The van der Waals surface area contributed by atoms with Crippen LogP contribution in [0.4, 0.5) is 8.78 Å². The van der Waals surface area contributed by atoms with Crippen molar-refractivity contribution in [2.24, 2.45) is 0 Å². The lowest BCUT2D eigenvalue weighted by atomic mass is 10.2. The van der Waals surface area contributed by atoms with Crippen molar-refractivity contribution in [3.05, 3.63) is 29.3 Å². The number of nitrogens with one attached hydrogen (secondary N) is 1. The van der Waals surface area contributed by atoms with Gasteiger partial charge >= 0.3 is 0 Å². The molecule has 1 rings (SSSR count). The number of halogens is 2. The molecule has 0 spiro atoms. The highest BCUT2D eigenvalue weighted by Gasteiger charge is 2.14. The maximum atomic E-state index is 13.7. The molecule has 0 aliphatic heterocycles. The molecule has 1 N–H and O–H groups in total. The second-order valence-electron chi connectivity index (χ2n) is 4.25. The fraction of sp³-hybridized carbons (Fsp3) is 0.462. The van der Waals surface area contributed by atoms with Crippen LogP contribution in [-0.4, -0.2) is 38.1 Å². The monoisotopic (exact) mass is 272 g/mol. The summed E-state index contributed by atoms with van der Waals surface area (Å²) in [5.41, 5.74) is 0.489. The van der Waals surface area contributed by atoms with Crippen LogP contribution in [0, 0.1) is 11.6 Å². The molecule has 4 nitrogen and oxygen atoms in total. The van der Waals surface area contributed by atoms with Crippen LogP contribution in [0.1, 0.15) is 12.5 Å². The number of amides is 1. The van der Waals surface area contributed by atoms with Crippen LogP contribution in [-0.2, 0) is 11.3 Å². The van der Waals surface area contributed by atoms with E-state index in [-0.39, 0.29) is 5.91 Å². The Morgan fingerprint density at radius 3 is 2.37 bits per heavy atom. The topological polar surface area (TPSA) is 41.6 Å². The SMILES string of the molecule is CCNCc1cc(F)c(OCC(=O)N(C)C)c(F)c1. The van der Waals surface area contributed by atoms with Crippen LogP contribution < -0.4 is 10.1 Å². The van der Waals surface area contributed by atoms with Gasteiger partial charge in [0.1, 0.15) is 0 Å². The number of carbonyl (C=O) groups excluding carboxylic acids is 1. The fourth-order valence-corrected chi connectivity index (χ4v) is 1.38. The van der Waals surface area contributed by atoms with Gasteiger partial charge in [0.15, 0.2) is 24.0 Å². The Balaban J connectivity index is 2.76. The van der Waals surface area contributed by atoms with E-state index in [0.717, 1.165) is 0 Å². The summed E-state index contributed by atoms with van der Waals surface area (Å²) in [5, 5.41) is 2.97. The van der Waals surface area contributed by atoms with Gasteiger partial charge in [-0.1, -0.05) is 6.92 Å². The van der Waals surface area contributed by atoms with E-state index >= 15 is 0 Å². The number of rotatable bonds is 6. The minimum Gasteiger partial charge on any atom is -0.478 e. The smallest absolute Gasteiger partial charge is 0.259 e. The largest absolute Gasteiger partial charge is 0.478 e. The molecule has 0 fully saturated rings. The van der Waals surface area contributed by atoms with Gasteiger partial charge in [-0.25, -0.2) is 8.78 Å². The molecule has 0 radical (unpaired) electrons. The van der Waals surface area contributed by atoms with E-state index in [1.165, 1.54) is 31.1 Å². The highest BCUT2D eigenvalue weighted by atomic mass is 19.1. The predicted octanol–water partition coefficient (Wildman–Crippen LogP) is 1.54. The summed E-state index contributed by atoms with van der Waals surface area (Å²) in [6.07, 6.45) is 0. The van der Waals surface area contributed by atoms with Crippen molar-refractivity contribution in [3.8, 4) is 5.75 Å². The number of ether oxygens (including phenoxy) is 1. The average molecular weight is 272 g/mol. The lowest BCUT2D eigenvalue weighted by Gasteiger charge is -2.13. The van der Waals surface area contributed by atoms with Gasteiger partial charge in [-0.2, -0.15) is 0 Å². The van der Waals surface area contributed by atoms with E-state index in [4.69, 9.17) is 4.74 Å². The van der Waals surface area contributed by atoms with Crippen molar-refractivity contribution in [2.45, 2.75) is 13.5 Å². The minimum atomic E-state index is -0.806. The highest BCUT2D eigenvalue weighted by molar-refractivity contribution is 5.77. The van der Waals surface area contributed by atoms with E-state index < -0.39 is 24.0 Å². The maximum Gasteiger partial charge on any atom is 0.259 e. The summed E-state index contributed by atoms with van der Waals surface area (Å²) >= 11 is 0. The zero-order valence-corrected chi connectivity index (χ0v) is 11.3. The first-order valence-electron chi connectivity index (χ1n) is 5.97. The van der Waals surface area contributed by atoms with Crippen molar-refractivity contribution < 1.29 is 18.3 Å². The molecule has 0 atom stereocenters. The quantitative estimate of drug-likeness (QED) is 0.854. The molecule has 1 aromatic rings. The Morgan fingerprint density at radius 1 is 1.32 bits per heavy atom. The Hall–Kier alpha value is -1.69. The molecule has 0 aromatic heterocycles. The molecule has 0 aliphatic carbocycles. The second-order valence-corrected chi connectivity index (χ2v) is 4.25. The average Bonchev–Trinajstić information content (AvgIpc) is 2.34. The number of hydrogen-bond acceptors (Lipinski definition) is 3. The fourth-order valence-electron chi connectivity index (χ4n) is 1.38. The Kier molecular flexibility index (Phi) is 5.69. The Labute approximate surface area is 111 Å². The van der Waals surface area contributed by atoms with E-state index in [9.17, 15) is 13.6 Å². The lowest BCUT2D eigenvalue weighted by Crippen LogP contribution is -2.28. The number of carbonyl (C=O) groups is 1. The highest BCUT2D eigenvalue weighted by Crippen LogP contribution is 2.23. The molecule has 0 heterocycles. The molecule has 6 heteroatoms. The molecule has 0 aliphatic rings. The summed E-state index contributed by atoms with van der Waals surface area (Å²) in [7, 11) is 3.08. The van der Waals surface area contributed by atoms with Crippen molar-refractivity contribution in [3.63, 3.8) is 0 Å². The van der Waals surface area contributed by atoms with Crippen LogP contribution in [0.3, 0.4) is 0 Å². The van der Waals surface area contributed by atoms with Gasteiger partial charge < -0.3 is 15.0 Å². The molecule has 0 unspecified atom stereocenters. The minimum absolute atomic E-state index is 0.365. The van der Waals surface area contributed by atoms with Gasteiger partial charge in [0.05, 0.1) is 0 Å². The van der Waals surface area contributed by atoms with E-state index in [1.807, 2.05) is 6.92 Å². The van der Waals surface area contributed by atoms with Crippen LogP contribution in [0.15, 0.2) is 12.1 Å². The van der Waals surface area contributed by atoms with Gasteiger partial charge in [-0.3, -0.25) is 4.79 Å². The molecule has 1 aromatic carbocycles. The molecular weight excluding hydrogens is 254 g/mol. The van der Waals surface area contributed by atoms with E-state index in [2.05, 4.69) is 5.32 Å². The first-order chi connectivity index (χ1) is 8.95. The van der Waals surface area contributed by atoms with Crippen molar-refractivity contribution in [1.82, 2.24) is 10.2 Å². The molecule has 0 bridgehead atoms. The summed E-state index contributed by atoms with van der Waals surface area (Å²) in [4.78, 5) is 12.6. The maximum absolute atomic E-state index is 13.7. The summed E-state index contributed by atoms with van der Waals surface area (Å²) in [6.45, 7) is 2.59. The molecule has 106 valence electrons. The van der Waals surface area contributed by atoms with Crippen molar-refractivity contribution in [1.29, 1.82) is 0 Å². The van der Waals surface area contributed by atoms with Crippen LogP contribution >= 0.6 is 0 Å². The van der Waals surface area contributed by atoms with Gasteiger partial charge in [0.25, 0.3) is 5.91 Å². The summed E-state index contributed by atoms with van der Waals surface area (Å²) in [5.74, 6) is -2.50. The van der Waals surface area contributed by atoms with Gasteiger partial charge in [-0.05, 0) is 24.2 Å². The second kappa shape index (κ2) is 7.04. The van der Waals surface area contributed by atoms with Gasteiger partial charge in [0.2, 0.25) is 0 Å². The molecule has 0 saturated heterocycles. The van der Waals surface area contributed by atoms with Gasteiger partial charge in [-0.15, -0.1) is 0 Å². The first-order valence-corrected chi connectivity index (χ1v) is 5.97. The zero-order valence-electron chi connectivity index (χ0n) is 11.3. The zero-order chi connectivity index (χ0) is 14.4. The number of benzene rings is 1. The van der Waals surface area contributed by atoms with Crippen molar-refractivity contribution in [2.75, 3.05) is 27.2 Å². The number of nitrogens with zero attached hydrogens (tertiary/aromatic N) is 1. The Bertz CT molecular complexity index is 427. The summed E-state index contributed by atoms with van der Waals surface area (Å²) in [6, 6.07) is 2.39. The molecule has 0 saturated carbocycles. The van der Waals surface area contributed by atoms with E-state index in [0.29, 0.717) is 18.7 Å². The third-order valence-corrected chi connectivity index (χ3v) is 2.48. The molecular formula is C13H18F2N2O2.